The van der Waals surface area contributed by atoms with Gasteiger partial charge in [0.15, 0.2) is 0 Å². The summed E-state index contributed by atoms with van der Waals surface area (Å²) in [7, 11) is 2.75. The number of hydrogen-bond acceptors (Lipinski definition) is 7. The molecule has 0 saturated carbocycles. The molecule has 1 aromatic carbocycles. The molecule has 9 nitrogen and oxygen atoms in total. The van der Waals surface area contributed by atoms with E-state index in [-0.39, 0.29) is 35.2 Å². The van der Waals surface area contributed by atoms with Gasteiger partial charge in [0, 0.05) is 43.2 Å². The molecule has 34 heavy (non-hydrogen) atoms. The summed E-state index contributed by atoms with van der Waals surface area (Å²) in [5.41, 5.74) is 5.61. The molecule has 2 N–H and O–H groups in total. The van der Waals surface area contributed by atoms with Crippen molar-refractivity contribution in [3.63, 3.8) is 0 Å². The average molecular weight is 468 g/mol. The number of anilines is 1. The van der Waals surface area contributed by atoms with Crippen molar-refractivity contribution in [1.82, 2.24) is 4.57 Å². The van der Waals surface area contributed by atoms with Crippen molar-refractivity contribution in [1.29, 1.82) is 0 Å². The summed E-state index contributed by atoms with van der Waals surface area (Å²) in [5, 5.41) is 0. The summed E-state index contributed by atoms with van der Waals surface area (Å²) in [6, 6.07) is 8.80. The number of fused-ring (bicyclic) bond motifs is 4. The summed E-state index contributed by atoms with van der Waals surface area (Å²) < 4.78 is 17.5. The summed E-state index contributed by atoms with van der Waals surface area (Å²) in [4.78, 5) is 43.1. The minimum absolute atomic E-state index is 0.0486. The van der Waals surface area contributed by atoms with E-state index in [9.17, 15) is 14.4 Å². The van der Waals surface area contributed by atoms with E-state index in [4.69, 9.17) is 19.9 Å². The topological polar surface area (TPSA) is 113 Å². The van der Waals surface area contributed by atoms with Crippen molar-refractivity contribution in [2.75, 3.05) is 32.3 Å². The zero-order valence-corrected chi connectivity index (χ0v) is 20.0. The molecule has 1 amide bonds. The Bertz CT molecular complexity index is 1260. The number of aryl methyl sites for hydroxylation is 1. The molecular weight excluding hydrogens is 438 g/mol. The lowest BCUT2D eigenvalue weighted by Gasteiger charge is -2.36. The number of nitrogens with zero attached hydrogens (tertiary/aromatic N) is 2. The molecule has 1 spiro atoms. The lowest BCUT2D eigenvalue weighted by atomic mass is 9.68. The maximum absolute atomic E-state index is 14.4. The van der Waals surface area contributed by atoms with Gasteiger partial charge in [-0.25, -0.2) is 4.79 Å². The number of nitrogens with two attached hydrogens (primary N) is 1. The predicted molar refractivity (Wildman–Crippen MR) is 126 cm³/mol. The Morgan fingerprint density at radius 3 is 2.56 bits per heavy atom. The van der Waals surface area contributed by atoms with Crippen LogP contribution in [0.25, 0.3) is 0 Å². The Hall–Kier alpha value is -3.59. The van der Waals surface area contributed by atoms with Gasteiger partial charge in [-0.05, 0) is 18.9 Å². The first kappa shape index (κ1) is 23.6. The minimum atomic E-state index is -1.80. The van der Waals surface area contributed by atoms with Crippen LogP contribution in [-0.2, 0) is 31.0 Å². The van der Waals surface area contributed by atoms with Crippen LogP contribution in [0.15, 0.2) is 46.6 Å². The van der Waals surface area contributed by atoms with Crippen LogP contribution < -0.4 is 20.9 Å². The van der Waals surface area contributed by atoms with Gasteiger partial charge < -0.3 is 29.4 Å². The molecule has 1 aromatic heterocycles. The van der Waals surface area contributed by atoms with E-state index in [0.29, 0.717) is 30.1 Å². The highest BCUT2D eigenvalue weighted by molar-refractivity contribution is 6.18. The van der Waals surface area contributed by atoms with Crippen molar-refractivity contribution in [3.05, 3.63) is 69.0 Å². The van der Waals surface area contributed by atoms with Gasteiger partial charge in [-0.2, -0.15) is 0 Å². The minimum Gasteiger partial charge on any atom is -0.465 e. The third-order valence-corrected chi connectivity index (χ3v) is 6.31. The quantitative estimate of drug-likeness (QED) is 0.645. The number of ether oxygens (including phenoxy) is 3. The summed E-state index contributed by atoms with van der Waals surface area (Å²) in [5.74, 6) is -1.25. The first-order valence-corrected chi connectivity index (χ1v) is 11.1. The van der Waals surface area contributed by atoms with Crippen LogP contribution in [-0.4, -0.2) is 43.8 Å². The van der Waals surface area contributed by atoms with E-state index in [1.54, 1.807) is 37.1 Å². The summed E-state index contributed by atoms with van der Waals surface area (Å²) in [6.07, 6.45) is 0. The number of aromatic nitrogens is 1. The number of rotatable bonds is 6. The average Bonchev–Trinajstić information content (AvgIpc) is 3.01. The van der Waals surface area contributed by atoms with E-state index in [0.717, 1.165) is 0 Å². The van der Waals surface area contributed by atoms with Crippen LogP contribution >= 0.6 is 0 Å². The second-order valence-corrected chi connectivity index (χ2v) is 8.88. The smallest absolute Gasteiger partial charge is 0.340 e. The third kappa shape index (κ3) is 3.22. The largest absolute Gasteiger partial charge is 0.465 e. The number of carbonyl (C=O) groups excluding carboxylic acids is 2. The first-order valence-electron chi connectivity index (χ1n) is 11.1. The fourth-order valence-electron chi connectivity index (χ4n) is 4.94. The number of methoxy groups -OCH3 is 2. The van der Waals surface area contributed by atoms with Crippen molar-refractivity contribution >= 4 is 17.6 Å². The predicted octanol–water partition coefficient (Wildman–Crippen LogP) is 1.83. The van der Waals surface area contributed by atoms with Crippen LogP contribution in [0.1, 0.15) is 30.7 Å². The van der Waals surface area contributed by atoms with Gasteiger partial charge in [0.05, 0.1) is 19.3 Å². The first-order chi connectivity index (χ1) is 16.2. The molecule has 0 radical (unpaired) electrons. The zero-order valence-electron chi connectivity index (χ0n) is 20.0. The molecule has 0 unspecified atom stereocenters. The number of pyridine rings is 1. The summed E-state index contributed by atoms with van der Waals surface area (Å²) in [6.45, 7) is 6.70. The normalized spacial score (nSPS) is 18.9. The van der Waals surface area contributed by atoms with Crippen LogP contribution in [0.3, 0.4) is 0 Å². The van der Waals surface area contributed by atoms with Gasteiger partial charge in [0.25, 0.3) is 5.56 Å². The zero-order chi connectivity index (χ0) is 24.8. The second kappa shape index (κ2) is 8.64. The fraction of sp³-hybridized carbons (Fsp3) is 0.400. The van der Waals surface area contributed by atoms with Crippen LogP contribution in [0.4, 0.5) is 5.69 Å². The van der Waals surface area contributed by atoms with Gasteiger partial charge >= 0.3 is 5.97 Å². The monoisotopic (exact) mass is 467 g/mol. The van der Waals surface area contributed by atoms with E-state index >= 15 is 0 Å². The van der Waals surface area contributed by atoms with Crippen molar-refractivity contribution in [3.8, 4) is 5.75 Å². The standard InChI is InChI=1S/C25H29N3O6/c1-14(2)13-28-17-9-7-6-8-16(17)25(24(28)31)19-18(34-21(26)20(25)23(30)33-5)12-15(3)27(22(19)29)10-11-32-4/h6-9,12,14H,10-11,13,26H2,1-5H3/t25-/m1/s1. The van der Waals surface area contributed by atoms with Gasteiger partial charge in [0.2, 0.25) is 11.8 Å². The van der Waals surface area contributed by atoms with E-state index in [2.05, 4.69) is 0 Å². The molecule has 2 aromatic rings. The number of carbonyl (C=O) groups is 2. The molecule has 2 aliphatic rings. The van der Waals surface area contributed by atoms with E-state index in [1.165, 1.54) is 11.7 Å². The van der Waals surface area contributed by atoms with Crippen LogP contribution in [0.5, 0.6) is 5.75 Å². The molecule has 9 heteroatoms. The highest BCUT2D eigenvalue weighted by atomic mass is 16.5. The van der Waals surface area contributed by atoms with E-state index < -0.39 is 22.9 Å². The molecule has 0 fully saturated rings. The Kier molecular flexibility index (Phi) is 5.99. The molecule has 0 aliphatic carbocycles. The van der Waals surface area contributed by atoms with Gasteiger partial charge in [0.1, 0.15) is 16.7 Å². The fourth-order valence-corrected chi connectivity index (χ4v) is 4.94. The van der Waals surface area contributed by atoms with Gasteiger partial charge in [-0.1, -0.05) is 32.0 Å². The lowest BCUT2D eigenvalue weighted by molar-refractivity contribution is -0.138. The lowest BCUT2D eigenvalue weighted by Crippen LogP contribution is -2.52. The van der Waals surface area contributed by atoms with E-state index in [1.807, 2.05) is 26.0 Å². The number of benzene rings is 1. The maximum atomic E-state index is 14.4. The molecule has 4 rings (SSSR count). The Balaban J connectivity index is 2.15. The number of hydrogen-bond donors (Lipinski definition) is 1. The number of para-hydroxylation sites is 1. The highest BCUT2D eigenvalue weighted by Gasteiger charge is 2.62. The highest BCUT2D eigenvalue weighted by Crippen LogP contribution is 2.54. The summed E-state index contributed by atoms with van der Waals surface area (Å²) >= 11 is 0. The van der Waals surface area contributed by atoms with Gasteiger partial charge in [-0.3, -0.25) is 9.59 Å². The number of amides is 1. The molecule has 3 heterocycles. The Labute approximate surface area is 197 Å². The SMILES string of the molecule is COCCn1c(C)cc2c(c1=O)[C@@]1(C(=O)N(CC(C)C)c3ccccc31)C(C(=O)OC)=C(N)O2. The van der Waals surface area contributed by atoms with Crippen LogP contribution in [0.2, 0.25) is 0 Å². The van der Waals surface area contributed by atoms with Crippen molar-refractivity contribution < 1.29 is 23.8 Å². The third-order valence-electron chi connectivity index (χ3n) is 6.31. The Morgan fingerprint density at radius 2 is 1.91 bits per heavy atom. The number of esters is 1. The van der Waals surface area contributed by atoms with Crippen molar-refractivity contribution in [2.45, 2.75) is 32.7 Å². The molecule has 180 valence electrons. The van der Waals surface area contributed by atoms with Gasteiger partial charge in [-0.15, -0.1) is 0 Å². The second-order valence-electron chi connectivity index (χ2n) is 8.88. The molecular formula is C25H29N3O6. The molecule has 2 aliphatic heterocycles. The maximum Gasteiger partial charge on any atom is 0.340 e. The molecule has 1 atom stereocenters. The van der Waals surface area contributed by atoms with Crippen LogP contribution in [0, 0.1) is 12.8 Å². The van der Waals surface area contributed by atoms with Crippen molar-refractivity contribution in [2.24, 2.45) is 11.7 Å². The molecule has 0 saturated heterocycles. The molecule has 0 bridgehead atoms. The Morgan fingerprint density at radius 1 is 1.21 bits per heavy atom.